The van der Waals surface area contributed by atoms with Gasteiger partial charge in [0.1, 0.15) is 0 Å². The quantitative estimate of drug-likeness (QED) is 0.290. The number of benzene rings is 2. The molecule has 2 aromatic rings. The monoisotopic (exact) mass is 262 g/mol. The maximum absolute atomic E-state index is 8.52. The maximum atomic E-state index is 8.52. The van der Waals surface area contributed by atoms with E-state index in [1.54, 1.807) is 24.3 Å². The van der Waals surface area contributed by atoms with Crippen molar-refractivity contribution in [1.29, 1.82) is 0 Å². The molecule has 0 aromatic heterocycles. The molecule has 0 fully saturated rings. The van der Waals surface area contributed by atoms with Gasteiger partial charge >= 0.3 is 0 Å². The standard InChI is InChI=1S/C14H10N6/c15-19-17-13-7-3-1-5-11(13)9-10-12-6-2-4-8-14(12)18-20-16/h1-10H. The summed E-state index contributed by atoms with van der Waals surface area (Å²) in [5.41, 5.74) is 19.7. The minimum atomic E-state index is 0.549. The molecule has 2 aromatic carbocycles. The lowest BCUT2D eigenvalue weighted by Crippen LogP contribution is -1.75. The first-order chi connectivity index (χ1) is 9.85. The molecule has 0 bridgehead atoms. The fourth-order valence-corrected chi connectivity index (χ4v) is 1.71. The number of hydrogen-bond donors (Lipinski definition) is 0. The highest BCUT2D eigenvalue weighted by Gasteiger charge is 1.97. The molecule has 0 aliphatic carbocycles. The zero-order chi connectivity index (χ0) is 14.2. The van der Waals surface area contributed by atoms with Crippen LogP contribution in [0.25, 0.3) is 33.0 Å². The summed E-state index contributed by atoms with van der Waals surface area (Å²) in [5, 5.41) is 7.25. The van der Waals surface area contributed by atoms with Crippen LogP contribution >= 0.6 is 0 Å². The van der Waals surface area contributed by atoms with Gasteiger partial charge in [-0.25, -0.2) is 0 Å². The molecule has 2 rings (SSSR count). The molecule has 0 heterocycles. The van der Waals surface area contributed by atoms with Crippen LogP contribution < -0.4 is 0 Å². The maximum Gasteiger partial charge on any atom is 0.0447 e. The van der Waals surface area contributed by atoms with E-state index in [1.165, 1.54) is 0 Å². The van der Waals surface area contributed by atoms with Crippen molar-refractivity contribution in [1.82, 2.24) is 0 Å². The molecule has 0 atom stereocenters. The predicted molar refractivity (Wildman–Crippen MR) is 79.4 cm³/mol. The van der Waals surface area contributed by atoms with Gasteiger partial charge in [-0.3, -0.25) is 0 Å². The fraction of sp³-hybridized carbons (Fsp3) is 0. The van der Waals surface area contributed by atoms with E-state index < -0.39 is 0 Å². The minimum Gasteiger partial charge on any atom is -0.0618 e. The van der Waals surface area contributed by atoms with E-state index in [1.807, 2.05) is 36.4 Å². The highest BCUT2D eigenvalue weighted by molar-refractivity contribution is 5.78. The summed E-state index contributed by atoms with van der Waals surface area (Å²) < 4.78 is 0. The van der Waals surface area contributed by atoms with Crippen molar-refractivity contribution in [3.8, 4) is 0 Å². The zero-order valence-corrected chi connectivity index (χ0v) is 10.5. The van der Waals surface area contributed by atoms with E-state index in [0.29, 0.717) is 11.4 Å². The number of rotatable bonds is 4. The van der Waals surface area contributed by atoms with Gasteiger partial charge in [-0.1, -0.05) is 70.9 Å². The van der Waals surface area contributed by atoms with Crippen molar-refractivity contribution < 1.29 is 0 Å². The Morgan fingerprint density at radius 1 is 0.700 bits per heavy atom. The Labute approximate surface area is 115 Å². The summed E-state index contributed by atoms with van der Waals surface area (Å²) >= 11 is 0. The summed E-state index contributed by atoms with van der Waals surface area (Å²) in [6.07, 6.45) is 3.63. The van der Waals surface area contributed by atoms with Crippen LogP contribution in [0.2, 0.25) is 0 Å². The number of hydrogen-bond acceptors (Lipinski definition) is 2. The average Bonchev–Trinajstić information content (AvgIpc) is 2.48. The van der Waals surface area contributed by atoms with Gasteiger partial charge in [0.05, 0.1) is 0 Å². The van der Waals surface area contributed by atoms with Crippen molar-refractivity contribution in [2.75, 3.05) is 0 Å². The zero-order valence-electron chi connectivity index (χ0n) is 10.5. The van der Waals surface area contributed by atoms with Gasteiger partial charge in [-0.15, -0.1) is 0 Å². The molecule has 0 aliphatic rings. The summed E-state index contributed by atoms with van der Waals surface area (Å²) in [5.74, 6) is 0. The van der Waals surface area contributed by atoms with Crippen LogP contribution in [-0.2, 0) is 0 Å². The van der Waals surface area contributed by atoms with Gasteiger partial charge in [0.2, 0.25) is 0 Å². The van der Waals surface area contributed by atoms with E-state index in [-0.39, 0.29) is 0 Å². The summed E-state index contributed by atoms with van der Waals surface area (Å²) in [6, 6.07) is 14.5. The smallest absolute Gasteiger partial charge is 0.0447 e. The van der Waals surface area contributed by atoms with Gasteiger partial charge in [0, 0.05) is 21.2 Å². The van der Waals surface area contributed by atoms with Crippen molar-refractivity contribution in [2.45, 2.75) is 0 Å². The highest BCUT2D eigenvalue weighted by Crippen LogP contribution is 2.24. The Morgan fingerprint density at radius 3 is 1.50 bits per heavy atom. The van der Waals surface area contributed by atoms with Gasteiger partial charge < -0.3 is 0 Å². The van der Waals surface area contributed by atoms with E-state index in [9.17, 15) is 0 Å². The SMILES string of the molecule is [N-]=[N+]=Nc1ccccc1C=Cc1ccccc1N=[N+]=[N-]. The molecule has 0 aliphatic heterocycles. The fourth-order valence-electron chi connectivity index (χ4n) is 1.71. The summed E-state index contributed by atoms with van der Waals surface area (Å²) in [4.78, 5) is 5.59. The summed E-state index contributed by atoms with van der Waals surface area (Å²) in [6.45, 7) is 0. The second-order valence-electron chi connectivity index (χ2n) is 3.83. The van der Waals surface area contributed by atoms with Crippen molar-refractivity contribution in [3.05, 3.63) is 80.5 Å². The Morgan fingerprint density at radius 2 is 1.10 bits per heavy atom. The van der Waals surface area contributed by atoms with Gasteiger partial charge in [-0.2, -0.15) is 0 Å². The first-order valence-electron chi connectivity index (χ1n) is 5.81. The Balaban J connectivity index is 2.40. The predicted octanol–water partition coefficient (Wildman–Crippen LogP) is 5.74. The van der Waals surface area contributed by atoms with Crippen molar-refractivity contribution in [2.24, 2.45) is 10.2 Å². The molecular weight excluding hydrogens is 252 g/mol. The minimum absolute atomic E-state index is 0.549. The van der Waals surface area contributed by atoms with Crippen LogP contribution in [0.4, 0.5) is 11.4 Å². The molecule has 0 saturated heterocycles. The summed E-state index contributed by atoms with van der Waals surface area (Å²) in [7, 11) is 0. The highest BCUT2D eigenvalue weighted by atomic mass is 15.1. The number of nitrogens with zero attached hydrogens (tertiary/aromatic N) is 6. The molecule has 0 amide bonds. The first-order valence-corrected chi connectivity index (χ1v) is 5.81. The van der Waals surface area contributed by atoms with Gasteiger partial charge in [0.25, 0.3) is 0 Å². The molecule has 96 valence electrons. The van der Waals surface area contributed by atoms with Crippen LogP contribution in [-0.4, -0.2) is 0 Å². The van der Waals surface area contributed by atoms with Crippen LogP contribution in [0.3, 0.4) is 0 Å². The second-order valence-corrected chi connectivity index (χ2v) is 3.83. The van der Waals surface area contributed by atoms with E-state index in [2.05, 4.69) is 20.1 Å². The topological polar surface area (TPSA) is 97.5 Å². The van der Waals surface area contributed by atoms with Crippen molar-refractivity contribution in [3.63, 3.8) is 0 Å². The van der Waals surface area contributed by atoms with E-state index in [4.69, 9.17) is 11.1 Å². The van der Waals surface area contributed by atoms with E-state index in [0.717, 1.165) is 11.1 Å². The average molecular weight is 262 g/mol. The Hall–Kier alpha value is -3.20. The third-order valence-corrected chi connectivity index (χ3v) is 2.62. The molecule has 6 heteroatoms. The lowest BCUT2D eigenvalue weighted by Gasteiger charge is -2.00. The molecule has 0 saturated carbocycles. The molecule has 0 spiro atoms. The van der Waals surface area contributed by atoms with Crippen LogP contribution in [0.15, 0.2) is 58.8 Å². The van der Waals surface area contributed by atoms with Crippen LogP contribution in [0.5, 0.6) is 0 Å². The molecule has 6 nitrogen and oxygen atoms in total. The third kappa shape index (κ3) is 3.17. The normalized spacial score (nSPS) is 9.80. The molecule has 0 N–H and O–H groups in total. The Bertz CT molecular complexity index is 673. The van der Waals surface area contributed by atoms with Crippen LogP contribution in [0.1, 0.15) is 11.1 Å². The van der Waals surface area contributed by atoms with Crippen LogP contribution in [0, 0.1) is 0 Å². The van der Waals surface area contributed by atoms with Crippen molar-refractivity contribution >= 4 is 23.5 Å². The molecular formula is C14H10N6. The molecule has 20 heavy (non-hydrogen) atoms. The largest absolute Gasteiger partial charge is 0.0618 e. The first kappa shape index (κ1) is 13.2. The lowest BCUT2D eigenvalue weighted by atomic mass is 10.1. The lowest BCUT2D eigenvalue weighted by molar-refractivity contribution is 1.45. The second kappa shape index (κ2) is 6.66. The van der Waals surface area contributed by atoms with Gasteiger partial charge in [0.15, 0.2) is 0 Å². The molecule has 0 unspecified atom stereocenters. The number of azide groups is 2. The molecule has 0 radical (unpaired) electrons. The van der Waals surface area contributed by atoms with Gasteiger partial charge in [-0.05, 0) is 22.2 Å². The van der Waals surface area contributed by atoms with E-state index >= 15 is 0 Å². The third-order valence-electron chi connectivity index (χ3n) is 2.62. The Kier molecular flexibility index (Phi) is 4.41.